The molecule has 1 aromatic heterocycles. The molecular weight excluding hydrogens is 182 g/mol. The van der Waals surface area contributed by atoms with Gasteiger partial charge in [0.15, 0.2) is 5.82 Å². The Morgan fingerprint density at radius 3 is 2.93 bits per heavy atom. The predicted octanol–water partition coefficient (Wildman–Crippen LogP) is 1.02. The lowest BCUT2D eigenvalue weighted by atomic mass is 10.2. The summed E-state index contributed by atoms with van der Waals surface area (Å²) in [4.78, 5) is 12.6. The van der Waals surface area contributed by atoms with Crippen LogP contribution in [0.15, 0.2) is 12.3 Å². The summed E-state index contributed by atoms with van der Waals surface area (Å²) in [6.07, 6.45) is 2.32. The van der Waals surface area contributed by atoms with Crippen LogP contribution < -0.4 is 4.90 Å². The average Bonchev–Trinajstić information content (AvgIpc) is 2.18. The summed E-state index contributed by atoms with van der Waals surface area (Å²) in [6, 6.07) is 1.46. The van der Waals surface area contributed by atoms with E-state index in [2.05, 4.69) is 10.2 Å². The summed E-state index contributed by atoms with van der Waals surface area (Å²) in [5.74, 6) is -0.556. The van der Waals surface area contributed by atoms with Crippen molar-refractivity contribution in [2.24, 2.45) is 0 Å². The quantitative estimate of drug-likeness (QED) is 0.777. The van der Waals surface area contributed by atoms with E-state index < -0.39 is 5.97 Å². The van der Waals surface area contributed by atoms with Gasteiger partial charge in [0.05, 0.1) is 6.20 Å². The first-order valence-electron chi connectivity index (χ1n) is 4.43. The zero-order chi connectivity index (χ0) is 10.6. The van der Waals surface area contributed by atoms with Crippen LogP contribution in [0.25, 0.3) is 0 Å². The number of hydrogen-bond donors (Lipinski definition) is 1. The normalized spacial score (nSPS) is 9.86. The molecule has 0 aliphatic heterocycles. The molecule has 0 fully saturated rings. The van der Waals surface area contributed by atoms with Crippen LogP contribution in [0.3, 0.4) is 0 Å². The molecule has 1 heterocycles. The highest BCUT2D eigenvalue weighted by atomic mass is 16.4. The lowest BCUT2D eigenvalue weighted by Gasteiger charge is -2.17. The van der Waals surface area contributed by atoms with Gasteiger partial charge in [-0.05, 0) is 12.5 Å². The van der Waals surface area contributed by atoms with Gasteiger partial charge in [0.2, 0.25) is 0 Å². The number of aromatic nitrogens is 2. The van der Waals surface area contributed by atoms with Crippen LogP contribution in [0.4, 0.5) is 5.82 Å². The zero-order valence-electron chi connectivity index (χ0n) is 8.27. The molecule has 5 nitrogen and oxygen atoms in total. The van der Waals surface area contributed by atoms with Crippen molar-refractivity contribution in [2.75, 3.05) is 18.5 Å². The van der Waals surface area contributed by atoms with Crippen LogP contribution in [-0.4, -0.2) is 34.9 Å². The summed E-state index contributed by atoms with van der Waals surface area (Å²) in [5, 5.41) is 16.4. The number of aromatic carboxylic acids is 1. The molecular formula is C9H13N3O2. The van der Waals surface area contributed by atoms with Crippen molar-refractivity contribution in [3.63, 3.8) is 0 Å². The smallest absolute Gasteiger partial charge is 0.339 e. The molecule has 0 bridgehead atoms. The maximum Gasteiger partial charge on any atom is 0.339 e. The molecule has 0 aliphatic rings. The third kappa shape index (κ3) is 2.18. The summed E-state index contributed by atoms with van der Waals surface area (Å²) in [5.41, 5.74) is 0.191. The standard InChI is InChI=1S/C9H13N3O2/c1-3-6-12(2)8-7(9(13)14)4-5-10-11-8/h4-5H,3,6H2,1-2H3,(H,13,14). The molecule has 1 N–H and O–H groups in total. The van der Waals surface area contributed by atoms with E-state index in [1.54, 1.807) is 11.9 Å². The van der Waals surface area contributed by atoms with E-state index in [9.17, 15) is 4.79 Å². The van der Waals surface area contributed by atoms with Crippen LogP contribution in [-0.2, 0) is 0 Å². The minimum absolute atomic E-state index is 0.191. The Balaban J connectivity index is 3.00. The molecule has 1 rings (SSSR count). The molecule has 0 unspecified atom stereocenters. The largest absolute Gasteiger partial charge is 0.478 e. The summed E-state index contributed by atoms with van der Waals surface area (Å²) < 4.78 is 0. The maximum absolute atomic E-state index is 10.8. The van der Waals surface area contributed by atoms with E-state index in [1.807, 2.05) is 6.92 Å². The van der Waals surface area contributed by atoms with Gasteiger partial charge in [0.25, 0.3) is 0 Å². The van der Waals surface area contributed by atoms with E-state index in [-0.39, 0.29) is 5.56 Å². The van der Waals surface area contributed by atoms with Crippen LogP contribution in [0.1, 0.15) is 23.7 Å². The van der Waals surface area contributed by atoms with Crippen molar-refractivity contribution in [3.8, 4) is 0 Å². The van der Waals surface area contributed by atoms with Gasteiger partial charge in [-0.2, -0.15) is 5.10 Å². The highest BCUT2D eigenvalue weighted by Gasteiger charge is 2.14. The van der Waals surface area contributed by atoms with Gasteiger partial charge in [0, 0.05) is 13.6 Å². The van der Waals surface area contributed by atoms with Crippen LogP contribution in [0, 0.1) is 0 Å². The van der Waals surface area contributed by atoms with Crippen LogP contribution in [0.5, 0.6) is 0 Å². The third-order valence-electron chi connectivity index (χ3n) is 1.85. The van der Waals surface area contributed by atoms with Crippen LogP contribution in [0.2, 0.25) is 0 Å². The SMILES string of the molecule is CCCN(C)c1nnccc1C(=O)O. The number of anilines is 1. The Morgan fingerprint density at radius 2 is 2.36 bits per heavy atom. The molecule has 0 radical (unpaired) electrons. The Bertz CT molecular complexity index is 328. The first-order valence-corrected chi connectivity index (χ1v) is 4.43. The molecule has 0 aromatic carbocycles. The molecule has 76 valence electrons. The van der Waals surface area contributed by atoms with Crippen molar-refractivity contribution in [3.05, 3.63) is 17.8 Å². The van der Waals surface area contributed by atoms with Gasteiger partial charge in [-0.3, -0.25) is 0 Å². The Labute approximate surface area is 82.4 Å². The molecule has 0 saturated heterocycles. The Morgan fingerprint density at radius 1 is 1.64 bits per heavy atom. The number of carboxylic acids is 1. The molecule has 14 heavy (non-hydrogen) atoms. The molecule has 0 aliphatic carbocycles. The summed E-state index contributed by atoms with van der Waals surface area (Å²) >= 11 is 0. The summed E-state index contributed by atoms with van der Waals surface area (Å²) in [6.45, 7) is 2.78. The van der Waals surface area contributed by atoms with Crippen LogP contribution >= 0.6 is 0 Å². The second-order valence-electron chi connectivity index (χ2n) is 3.00. The summed E-state index contributed by atoms with van der Waals surface area (Å²) in [7, 11) is 1.81. The zero-order valence-corrected chi connectivity index (χ0v) is 8.27. The number of nitrogens with zero attached hydrogens (tertiary/aromatic N) is 3. The number of carboxylic acid groups (broad SMARTS) is 1. The van der Waals surface area contributed by atoms with Crippen molar-refractivity contribution in [1.82, 2.24) is 10.2 Å². The molecule has 0 saturated carbocycles. The first kappa shape index (κ1) is 10.4. The highest BCUT2D eigenvalue weighted by molar-refractivity contribution is 5.92. The molecule has 0 spiro atoms. The maximum atomic E-state index is 10.8. The van der Waals surface area contributed by atoms with E-state index in [1.165, 1.54) is 12.3 Å². The van der Waals surface area contributed by atoms with Gasteiger partial charge in [0.1, 0.15) is 5.56 Å². The lowest BCUT2D eigenvalue weighted by Crippen LogP contribution is -2.22. The number of rotatable bonds is 4. The topological polar surface area (TPSA) is 66.3 Å². The number of carbonyl (C=O) groups is 1. The Hall–Kier alpha value is -1.65. The first-order chi connectivity index (χ1) is 6.66. The van der Waals surface area contributed by atoms with E-state index >= 15 is 0 Å². The van der Waals surface area contributed by atoms with Gasteiger partial charge in [-0.1, -0.05) is 6.92 Å². The lowest BCUT2D eigenvalue weighted by molar-refractivity contribution is 0.0697. The van der Waals surface area contributed by atoms with Gasteiger partial charge >= 0.3 is 5.97 Å². The molecule has 5 heteroatoms. The molecule has 0 amide bonds. The number of hydrogen-bond acceptors (Lipinski definition) is 4. The monoisotopic (exact) mass is 195 g/mol. The highest BCUT2D eigenvalue weighted by Crippen LogP contribution is 2.14. The fourth-order valence-electron chi connectivity index (χ4n) is 1.21. The molecule has 1 aromatic rings. The average molecular weight is 195 g/mol. The second-order valence-corrected chi connectivity index (χ2v) is 3.00. The minimum atomic E-state index is -0.974. The van der Waals surface area contributed by atoms with Crippen molar-refractivity contribution in [1.29, 1.82) is 0 Å². The van der Waals surface area contributed by atoms with E-state index in [0.29, 0.717) is 5.82 Å². The van der Waals surface area contributed by atoms with Gasteiger partial charge in [-0.25, -0.2) is 4.79 Å². The Kier molecular flexibility index (Phi) is 3.39. The second kappa shape index (κ2) is 4.55. The fraction of sp³-hybridized carbons (Fsp3) is 0.444. The van der Waals surface area contributed by atoms with Crippen molar-refractivity contribution >= 4 is 11.8 Å². The third-order valence-corrected chi connectivity index (χ3v) is 1.85. The van der Waals surface area contributed by atoms with Gasteiger partial charge < -0.3 is 10.0 Å². The predicted molar refractivity (Wildman–Crippen MR) is 52.6 cm³/mol. The minimum Gasteiger partial charge on any atom is -0.478 e. The van der Waals surface area contributed by atoms with Crippen molar-refractivity contribution in [2.45, 2.75) is 13.3 Å². The van der Waals surface area contributed by atoms with E-state index in [0.717, 1.165) is 13.0 Å². The van der Waals surface area contributed by atoms with Crippen molar-refractivity contribution < 1.29 is 9.90 Å². The molecule has 0 atom stereocenters. The fourth-order valence-corrected chi connectivity index (χ4v) is 1.21. The van der Waals surface area contributed by atoms with E-state index in [4.69, 9.17) is 5.11 Å². The van der Waals surface area contributed by atoms with Gasteiger partial charge in [-0.15, -0.1) is 5.10 Å².